The molecule has 0 fully saturated rings. The highest BCUT2D eigenvalue weighted by molar-refractivity contribution is 5.70. The van der Waals surface area contributed by atoms with E-state index < -0.39 is 0 Å². The third-order valence-corrected chi connectivity index (χ3v) is 4.34. The maximum Gasteiger partial charge on any atom is 0.133 e. The fourth-order valence-electron chi connectivity index (χ4n) is 2.92. The number of rotatable bonds is 4. The fourth-order valence-corrected chi connectivity index (χ4v) is 2.92. The van der Waals surface area contributed by atoms with E-state index in [1.807, 2.05) is 67.8 Å². The highest BCUT2D eigenvalue weighted by Crippen LogP contribution is 2.28. The van der Waals surface area contributed by atoms with Crippen LogP contribution in [0.15, 0.2) is 97.2 Å². The van der Waals surface area contributed by atoms with E-state index in [1.54, 1.807) is 0 Å². The van der Waals surface area contributed by atoms with Gasteiger partial charge in [0.05, 0.1) is 11.4 Å². The molecule has 0 radical (unpaired) electrons. The van der Waals surface area contributed by atoms with Crippen molar-refractivity contribution in [1.29, 1.82) is 0 Å². The summed E-state index contributed by atoms with van der Waals surface area (Å²) in [6.07, 6.45) is 1.82. The van der Waals surface area contributed by atoms with Gasteiger partial charge in [0, 0.05) is 30.1 Å². The Balaban J connectivity index is 1.67. The summed E-state index contributed by atoms with van der Waals surface area (Å²) in [5, 5.41) is 0. The van der Waals surface area contributed by atoms with Crippen LogP contribution in [-0.2, 0) is 0 Å². The van der Waals surface area contributed by atoms with E-state index in [-0.39, 0.29) is 0 Å². The summed E-state index contributed by atoms with van der Waals surface area (Å²) in [4.78, 5) is 11.4. The first kappa shape index (κ1) is 16.0. The molecule has 0 unspecified atom stereocenters. The molecule has 2 aromatic heterocycles. The zero-order valence-electron chi connectivity index (χ0n) is 14.6. The Labute approximate surface area is 153 Å². The smallest absolute Gasteiger partial charge is 0.133 e. The quantitative estimate of drug-likeness (QED) is 0.487. The van der Waals surface area contributed by atoms with Crippen LogP contribution in [0.4, 0.5) is 11.5 Å². The van der Waals surface area contributed by atoms with Gasteiger partial charge in [-0.2, -0.15) is 0 Å². The molecule has 0 amide bonds. The van der Waals surface area contributed by atoms with Crippen LogP contribution >= 0.6 is 0 Å². The van der Waals surface area contributed by atoms with Crippen molar-refractivity contribution in [2.45, 2.75) is 0 Å². The van der Waals surface area contributed by atoms with Gasteiger partial charge in [-0.25, -0.2) is 4.98 Å². The zero-order valence-corrected chi connectivity index (χ0v) is 14.6. The molecular weight excluding hydrogens is 318 g/mol. The number of anilines is 2. The SMILES string of the molecule is CN(c1cccc(-c2ccccn2)c1)c1cccc(-c2ccccc2)n1. The van der Waals surface area contributed by atoms with Crippen molar-refractivity contribution < 1.29 is 0 Å². The van der Waals surface area contributed by atoms with Crippen LogP contribution in [0.1, 0.15) is 0 Å². The van der Waals surface area contributed by atoms with Gasteiger partial charge in [-0.3, -0.25) is 4.98 Å². The Bertz CT molecular complexity index is 915. The maximum absolute atomic E-state index is 4.83. The summed E-state index contributed by atoms with van der Waals surface area (Å²) in [6.45, 7) is 0. The lowest BCUT2D eigenvalue weighted by Gasteiger charge is -2.20. The molecule has 0 saturated heterocycles. The van der Waals surface area contributed by atoms with E-state index >= 15 is 0 Å². The molecule has 3 heteroatoms. The first-order valence-electron chi connectivity index (χ1n) is 8.59. The summed E-state index contributed by atoms with van der Waals surface area (Å²) in [7, 11) is 2.04. The molecule has 2 heterocycles. The van der Waals surface area contributed by atoms with E-state index in [1.165, 1.54) is 0 Å². The summed E-state index contributed by atoms with van der Waals surface area (Å²) in [5.74, 6) is 0.907. The van der Waals surface area contributed by atoms with Crippen LogP contribution < -0.4 is 4.90 Å². The highest BCUT2D eigenvalue weighted by Gasteiger charge is 2.09. The first-order valence-corrected chi connectivity index (χ1v) is 8.59. The predicted octanol–water partition coefficient (Wildman–Crippen LogP) is 5.58. The number of pyridine rings is 2. The number of benzene rings is 2. The molecule has 26 heavy (non-hydrogen) atoms. The van der Waals surface area contributed by atoms with Crippen LogP contribution in [0.2, 0.25) is 0 Å². The van der Waals surface area contributed by atoms with E-state index in [4.69, 9.17) is 4.98 Å². The second-order valence-electron chi connectivity index (χ2n) is 6.07. The Kier molecular flexibility index (Phi) is 4.44. The predicted molar refractivity (Wildman–Crippen MR) is 107 cm³/mol. The molecular formula is C23H19N3. The molecule has 3 nitrogen and oxygen atoms in total. The normalized spacial score (nSPS) is 10.5. The van der Waals surface area contributed by atoms with Crippen LogP contribution in [0, 0.1) is 0 Å². The maximum atomic E-state index is 4.83. The van der Waals surface area contributed by atoms with Crippen LogP contribution in [0.25, 0.3) is 22.5 Å². The standard InChI is InChI=1S/C23H19N3/c1-26(20-12-7-11-19(17-20)21-13-5-6-16-24-21)23-15-8-14-22(25-23)18-9-3-2-4-10-18/h2-17H,1H3. The summed E-state index contributed by atoms with van der Waals surface area (Å²) in [6, 6.07) is 30.7. The lowest BCUT2D eigenvalue weighted by molar-refractivity contribution is 1.13. The minimum Gasteiger partial charge on any atom is -0.329 e. The van der Waals surface area contributed by atoms with E-state index in [0.717, 1.165) is 34.0 Å². The summed E-state index contributed by atoms with van der Waals surface area (Å²) < 4.78 is 0. The highest BCUT2D eigenvalue weighted by atomic mass is 15.2. The van der Waals surface area contributed by atoms with Gasteiger partial charge in [-0.1, -0.05) is 54.6 Å². The van der Waals surface area contributed by atoms with E-state index in [2.05, 4.69) is 46.3 Å². The molecule has 0 bridgehead atoms. The molecule has 0 atom stereocenters. The van der Waals surface area contributed by atoms with Gasteiger partial charge in [0.15, 0.2) is 0 Å². The second kappa shape index (κ2) is 7.19. The molecule has 2 aromatic carbocycles. The molecule has 0 saturated carbocycles. The molecule has 0 aliphatic rings. The average molecular weight is 337 g/mol. The van der Waals surface area contributed by atoms with Gasteiger partial charge in [0.2, 0.25) is 0 Å². The molecule has 4 aromatic rings. The van der Waals surface area contributed by atoms with Crippen molar-refractivity contribution in [3.63, 3.8) is 0 Å². The van der Waals surface area contributed by atoms with Crippen LogP contribution in [-0.4, -0.2) is 17.0 Å². The fraction of sp³-hybridized carbons (Fsp3) is 0.0435. The minimum absolute atomic E-state index is 0.907. The van der Waals surface area contributed by atoms with Gasteiger partial charge in [0.25, 0.3) is 0 Å². The van der Waals surface area contributed by atoms with Crippen molar-refractivity contribution in [2.24, 2.45) is 0 Å². The largest absolute Gasteiger partial charge is 0.329 e. The number of nitrogens with zero attached hydrogens (tertiary/aromatic N) is 3. The van der Waals surface area contributed by atoms with Crippen molar-refractivity contribution >= 4 is 11.5 Å². The third kappa shape index (κ3) is 3.33. The topological polar surface area (TPSA) is 29.0 Å². The van der Waals surface area contributed by atoms with Gasteiger partial charge >= 0.3 is 0 Å². The van der Waals surface area contributed by atoms with Gasteiger partial charge in [0.1, 0.15) is 5.82 Å². The van der Waals surface area contributed by atoms with Crippen molar-refractivity contribution in [1.82, 2.24) is 9.97 Å². The molecule has 126 valence electrons. The zero-order chi connectivity index (χ0) is 17.8. The molecule has 4 rings (SSSR count). The molecule has 0 N–H and O–H groups in total. The van der Waals surface area contributed by atoms with Gasteiger partial charge in [-0.15, -0.1) is 0 Å². The molecule has 0 aliphatic heterocycles. The van der Waals surface area contributed by atoms with Crippen molar-refractivity contribution in [3.05, 3.63) is 97.2 Å². The third-order valence-electron chi connectivity index (χ3n) is 4.34. The second-order valence-corrected chi connectivity index (χ2v) is 6.07. The minimum atomic E-state index is 0.907. The molecule has 0 aliphatic carbocycles. The number of hydrogen-bond acceptors (Lipinski definition) is 3. The Morgan fingerprint density at radius 1 is 0.654 bits per heavy atom. The lowest BCUT2D eigenvalue weighted by Crippen LogP contribution is -2.11. The van der Waals surface area contributed by atoms with Crippen molar-refractivity contribution in [3.8, 4) is 22.5 Å². The Morgan fingerprint density at radius 3 is 2.19 bits per heavy atom. The molecule has 0 spiro atoms. The Morgan fingerprint density at radius 2 is 1.38 bits per heavy atom. The lowest BCUT2D eigenvalue weighted by atomic mass is 10.1. The van der Waals surface area contributed by atoms with E-state index in [0.29, 0.717) is 0 Å². The monoisotopic (exact) mass is 337 g/mol. The first-order chi connectivity index (χ1) is 12.8. The summed E-state index contributed by atoms with van der Waals surface area (Å²) in [5.41, 5.74) is 5.22. The van der Waals surface area contributed by atoms with Crippen LogP contribution in [0.3, 0.4) is 0 Å². The van der Waals surface area contributed by atoms with Crippen molar-refractivity contribution in [2.75, 3.05) is 11.9 Å². The Hall–Kier alpha value is -3.46. The average Bonchev–Trinajstić information content (AvgIpc) is 2.75. The van der Waals surface area contributed by atoms with E-state index in [9.17, 15) is 0 Å². The number of aromatic nitrogens is 2. The number of hydrogen-bond donors (Lipinski definition) is 0. The van der Waals surface area contributed by atoms with Gasteiger partial charge < -0.3 is 4.90 Å². The summed E-state index contributed by atoms with van der Waals surface area (Å²) >= 11 is 0. The van der Waals surface area contributed by atoms with Gasteiger partial charge in [-0.05, 0) is 36.4 Å². The van der Waals surface area contributed by atoms with Crippen LogP contribution in [0.5, 0.6) is 0 Å².